The molecule has 0 spiro atoms. The quantitative estimate of drug-likeness (QED) is 0.592. The van der Waals surface area contributed by atoms with Crippen LogP contribution in [0, 0.1) is 0 Å². The lowest BCUT2D eigenvalue weighted by Crippen LogP contribution is -2.04. The van der Waals surface area contributed by atoms with Crippen molar-refractivity contribution in [3.05, 3.63) is 24.0 Å². The van der Waals surface area contributed by atoms with E-state index < -0.39 is 0 Å². The van der Waals surface area contributed by atoms with Gasteiger partial charge in [0.05, 0.1) is 5.76 Å². The molecular weight excluding hydrogens is 114 g/mol. The third kappa shape index (κ3) is 1.90. The molecule has 9 heavy (non-hydrogen) atoms. The van der Waals surface area contributed by atoms with Gasteiger partial charge in [-0.3, -0.25) is 0 Å². The van der Waals surface area contributed by atoms with Crippen LogP contribution in [0.1, 0.15) is 6.42 Å². The molecule has 0 saturated heterocycles. The molecule has 0 radical (unpaired) electrons. The Morgan fingerprint density at radius 1 is 1.67 bits per heavy atom. The van der Waals surface area contributed by atoms with E-state index in [2.05, 4.69) is 0 Å². The highest BCUT2D eigenvalue weighted by Crippen LogP contribution is 2.06. The standard InChI is InChI=1S/C7H11NO/c8-5-4-7-3-1-2-6-9-7/h1-3H,4-6,8H2. The van der Waals surface area contributed by atoms with E-state index in [1.54, 1.807) is 0 Å². The molecule has 0 amide bonds. The largest absolute Gasteiger partial charge is 0.494 e. The molecule has 1 aliphatic rings. The number of hydrogen-bond acceptors (Lipinski definition) is 2. The van der Waals surface area contributed by atoms with Gasteiger partial charge in [-0.05, 0) is 18.7 Å². The summed E-state index contributed by atoms with van der Waals surface area (Å²) in [5.74, 6) is 1.00. The molecule has 0 aromatic rings. The lowest BCUT2D eigenvalue weighted by atomic mass is 10.3. The normalized spacial score (nSPS) is 16.8. The summed E-state index contributed by atoms with van der Waals surface area (Å²) in [6.07, 6.45) is 6.77. The highest BCUT2D eigenvalue weighted by molar-refractivity contribution is 5.11. The summed E-state index contributed by atoms with van der Waals surface area (Å²) in [5, 5.41) is 0. The van der Waals surface area contributed by atoms with Crippen LogP contribution in [0.5, 0.6) is 0 Å². The van der Waals surface area contributed by atoms with E-state index in [-0.39, 0.29) is 0 Å². The summed E-state index contributed by atoms with van der Waals surface area (Å²) in [6.45, 7) is 1.37. The molecule has 0 unspecified atom stereocenters. The van der Waals surface area contributed by atoms with E-state index >= 15 is 0 Å². The van der Waals surface area contributed by atoms with Crippen LogP contribution < -0.4 is 5.73 Å². The van der Waals surface area contributed by atoms with Crippen molar-refractivity contribution >= 4 is 0 Å². The lowest BCUT2D eigenvalue weighted by Gasteiger charge is -2.08. The number of rotatable bonds is 2. The van der Waals surface area contributed by atoms with Gasteiger partial charge >= 0.3 is 0 Å². The molecule has 0 atom stereocenters. The monoisotopic (exact) mass is 125 g/mol. The zero-order valence-corrected chi connectivity index (χ0v) is 5.34. The SMILES string of the molecule is NCCC1=CC=CCO1. The first-order chi connectivity index (χ1) is 4.43. The summed E-state index contributed by atoms with van der Waals surface area (Å²) in [6, 6.07) is 0. The van der Waals surface area contributed by atoms with Gasteiger partial charge in [-0.2, -0.15) is 0 Å². The van der Waals surface area contributed by atoms with Gasteiger partial charge in [-0.1, -0.05) is 6.08 Å². The summed E-state index contributed by atoms with van der Waals surface area (Å²) in [5.41, 5.74) is 5.31. The Hall–Kier alpha value is -0.760. The van der Waals surface area contributed by atoms with Crippen LogP contribution in [0.3, 0.4) is 0 Å². The van der Waals surface area contributed by atoms with E-state index in [9.17, 15) is 0 Å². The Balaban J connectivity index is 2.38. The van der Waals surface area contributed by atoms with Crippen LogP contribution in [0.25, 0.3) is 0 Å². The molecule has 0 aromatic carbocycles. The van der Waals surface area contributed by atoms with Crippen molar-refractivity contribution in [1.29, 1.82) is 0 Å². The molecule has 0 aromatic heterocycles. The molecule has 0 fully saturated rings. The third-order valence-corrected chi connectivity index (χ3v) is 1.17. The van der Waals surface area contributed by atoms with Crippen LogP contribution in [-0.4, -0.2) is 13.2 Å². The Bertz CT molecular complexity index is 138. The fourth-order valence-electron chi connectivity index (χ4n) is 0.732. The van der Waals surface area contributed by atoms with Gasteiger partial charge in [0, 0.05) is 6.42 Å². The number of hydrogen-bond donors (Lipinski definition) is 1. The van der Waals surface area contributed by atoms with Crippen molar-refractivity contribution in [3.8, 4) is 0 Å². The zero-order chi connectivity index (χ0) is 6.53. The van der Waals surface area contributed by atoms with Gasteiger partial charge in [-0.25, -0.2) is 0 Å². The Morgan fingerprint density at radius 3 is 3.11 bits per heavy atom. The first-order valence-electron chi connectivity index (χ1n) is 3.12. The molecule has 1 aliphatic heterocycles. The zero-order valence-electron chi connectivity index (χ0n) is 5.34. The van der Waals surface area contributed by atoms with Crippen molar-refractivity contribution in [2.75, 3.05) is 13.2 Å². The number of nitrogens with two attached hydrogens (primary N) is 1. The van der Waals surface area contributed by atoms with Crippen LogP contribution in [-0.2, 0) is 4.74 Å². The molecule has 1 rings (SSSR count). The van der Waals surface area contributed by atoms with Gasteiger partial charge in [0.2, 0.25) is 0 Å². The highest BCUT2D eigenvalue weighted by Gasteiger charge is 1.96. The highest BCUT2D eigenvalue weighted by atomic mass is 16.5. The van der Waals surface area contributed by atoms with Gasteiger partial charge in [0.25, 0.3) is 0 Å². The minimum Gasteiger partial charge on any atom is -0.494 e. The summed E-state index contributed by atoms with van der Waals surface area (Å²) >= 11 is 0. The van der Waals surface area contributed by atoms with Gasteiger partial charge < -0.3 is 10.5 Å². The Labute approximate surface area is 55.0 Å². The van der Waals surface area contributed by atoms with E-state index in [0.29, 0.717) is 13.2 Å². The van der Waals surface area contributed by atoms with E-state index in [1.807, 2.05) is 18.2 Å². The molecule has 50 valence electrons. The molecule has 0 aliphatic carbocycles. The van der Waals surface area contributed by atoms with Crippen LogP contribution in [0.4, 0.5) is 0 Å². The first kappa shape index (κ1) is 6.36. The Kier molecular flexibility index (Phi) is 2.33. The second kappa shape index (κ2) is 3.30. The molecule has 1 heterocycles. The second-order valence-corrected chi connectivity index (χ2v) is 1.91. The van der Waals surface area contributed by atoms with Gasteiger partial charge in [0.15, 0.2) is 0 Å². The molecule has 2 heteroatoms. The summed E-state index contributed by atoms with van der Waals surface area (Å²) in [4.78, 5) is 0. The fraction of sp³-hybridized carbons (Fsp3) is 0.429. The summed E-state index contributed by atoms with van der Waals surface area (Å²) in [7, 11) is 0. The fourth-order valence-corrected chi connectivity index (χ4v) is 0.732. The minimum absolute atomic E-state index is 0.666. The van der Waals surface area contributed by atoms with Crippen molar-refractivity contribution in [2.24, 2.45) is 5.73 Å². The van der Waals surface area contributed by atoms with Crippen molar-refractivity contribution in [2.45, 2.75) is 6.42 Å². The van der Waals surface area contributed by atoms with Crippen LogP contribution >= 0.6 is 0 Å². The van der Waals surface area contributed by atoms with Crippen molar-refractivity contribution < 1.29 is 4.74 Å². The molecular formula is C7H11NO. The lowest BCUT2D eigenvalue weighted by molar-refractivity contribution is 0.233. The predicted octanol–water partition coefficient (Wildman–Crippen LogP) is 0.806. The summed E-state index contributed by atoms with van der Waals surface area (Å²) < 4.78 is 5.21. The van der Waals surface area contributed by atoms with E-state index in [1.165, 1.54) is 0 Å². The van der Waals surface area contributed by atoms with Crippen LogP contribution in [0.2, 0.25) is 0 Å². The molecule has 0 saturated carbocycles. The number of allylic oxidation sites excluding steroid dienone is 2. The third-order valence-electron chi connectivity index (χ3n) is 1.17. The maximum Gasteiger partial charge on any atom is 0.106 e. The minimum atomic E-state index is 0.666. The van der Waals surface area contributed by atoms with Crippen LogP contribution in [0.15, 0.2) is 24.0 Å². The predicted molar refractivity (Wildman–Crippen MR) is 36.8 cm³/mol. The van der Waals surface area contributed by atoms with E-state index in [0.717, 1.165) is 12.2 Å². The Morgan fingerprint density at radius 2 is 2.56 bits per heavy atom. The van der Waals surface area contributed by atoms with E-state index in [4.69, 9.17) is 10.5 Å². The maximum atomic E-state index is 5.31. The molecule has 2 N–H and O–H groups in total. The van der Waals surface area contributed by atoms with Gasteiger partial charge in [0.1, 0.15) is 6.61 Å². The average Bonchev–Trinajstić information content (AvgIpc) is 1.91. The first-order valence-corrected chi connectivity index (χ1v) is 3.12. The number of ether oxygens (including phenoxy) is 1. The van der Waals surface area contributed by atoms with Crippen molar-refractivity contribution in [1.82, 2.24) is 0 Å². The average molecular weight is 125 g/mol. The second-order valence-electron chi connectivity index (χ2n) is 1.91. The van der Waals surface area contributed by atoms with Gasteiger partial charge in [-0.15, -0.1) is 0 Å². The molecule has 2 nitrogen and oxygen atoms in total. The topological polar surface area (TPSA) is 35.2 Å². The van der Waals surface area contributed by atoms with Crippen molar-refractivity contribution in [3.63, 3.8) is 0 Å². The maximum absolute atomic E-state index is 5.31. The smallest absolute Gasteiger partial charge is 0.106 e. The molecule has 0 bridgehead atoms.